The Bertz CT molecular complexity index is 1110. The maximum Gasteiger partial charge on any atom is 0.348 e. The lowest BCUT2D eigenvalue weighted by molar-refractivity contribution is 0.0357. The molecular formula is C23H28N4O5S. The van der Waals surface area contributed by atoms with Crippen LogP contribution in [0, 0.1) is 6.92 Å². The van der Waals surface area contributed by atoms with Crippen LogP contribution in [0.5, 0.6) is 11.5 Å². The number of aryl methyl sites for hydroxylation is 1. The minimum absolute atomic E-state index is 0.360. The van der Waals surface area contributed by atoms with Crippen molar-refractivity contribution in [1.82, 2.24) is 14.9 Å². The van der Waals surface area contributed by atoms with Gasteiger partial charge < -0.3 is 24.3 Å². The van der Waals surface area contributed by atoms with Gasteiger partial charge in [0.2, 0.25) is 0 Å². The van der Waals surface area contributed by atoms with Crippen LogP contribution in [0.3, 0.4) is 0 Å². The highest BCUT2D eigenvalue weighted by Crippen LogP contribution is 2.36. The molecule has 0 radical (unpaired) electrons. The molecule has 3 aromatic rings. The zero-order valence-electron chi connectivity index (χ0n) is 19.1. The number of esters is 1. The quantitative estimate of drug-likeness (QED) is 0.370. The summed E-state index contributed by atoms with van der Waals surface area (Å²) in [6.07, 6.45) is 2.40. The number of methoxy groups -OCH3 is 2. The summed E-state index contributed by atoms with van der Waals surface area (Å²) in [5.74, 6) is 1.53. The molecule has 0 amide bonds. The van der Waals surface area contributed by atoms with Gasteiger partial charge in [0.25, 0.3) is 0 Å². The Morgan fingerprint density at radius 2 is 2.00 bits per heavy atom. The summed E-state index contributed by atoms with van der Waals surface area (Å²) in [5.41, 5.74) is 1.52. The molecule has 0 saturated carbocycles. The van der Waals surface area contributed by atoms with Gasteiger partial charge in [0, 0.05) is 36.0 Å². The smallest absolute Gasteiger partial charge is 0.348 e. The number of hydrogen-bond acceptors (Lipinski definition) is 10. The van der Waals surface area contributed by atoms with Crippen LogP contribution in [-0.4, -0.2) is 74.5 Å². The third kappa shape index (κ3) is 5.52. The van der Waals surface area contributed by atoms with Crippen LogP contribution in [-0.2, 0) is 9.47 Å². The first kappa shape index (κ1) is 23.2. The molecule has 0 bridgehead atoms. The van der Waals surface area contributed by atoms with Crippen LogP contribution in [0.2, 0.25) is 0 Å². The molecule has 3 heterocycles. The maximum atomic E-state index is 11.9. The Kier molecular flexibility index (Phi) is 7.58. The van der Waals surface area contributed by atoms with Crippen LogP contribution >= 0.6 is 11.3 Å². The van der Waals surface area contributed by atoms with Crippen LogP contribution in [0.1, 0.15) is 21.0 Å². The fourth-order valence-corrected chi connectivity index (χ4v) is 4.56. The number of nitrogens with zero attached hydrogens (tertiary/aromatic N) is 3. The highest BCUT2D eigenvalue weighted by molar-refractivity contribution is 7.14. The van der Waals surface area contributed by atoms with Crippen LogP contribution in [0.4, 0.5) is 11.5 Å². The number of hydrogen-bond donors (Lipinski definition) is 1. The van der Waals surface area contributed by atoms with Crippen molar-refractivity contribution in [2.45, 2.75) is 13.3 Å². The second-order valence-electron chi connectivity index (χ2n) is 7.60. The van der Waals surface area contributed by atoms with Crippen LogP contribution in [0.15, 0.2) is 24.5 Å². The van der Waals surface area contributed by atoms with E-state index in [0.717, 1.165) is 60.7 Å². The number of ether oxygens (including phenoxy) is 4. The summed E-state index contributed by atoms with van der Waals surface area (Å²) >= 11 is 1.37. The number of rotatable bonds is 9. The molecule has 1 aliphatic heterocycles. The van der Waals surface area contributed by atoms with E-state index in [2.05, 4.69) is 20.2 Å². The Morgan fingerprint density at radius 3 is 2.76 bits per heavy atom. The number of thiophene rings is 1. The van der Waals surface area contributed by atoms with Gasteiger partial charge in [-0.3, -0.25) is 4.90 Å². The third-order valence-electron chi connectivity index (χ3n) is 5.46. The van der Waals surface area contributed by atoms with Gasteiger partial charge in [-0.2, -0.15) is 0 Å². The molecule has 4 rings (SSSR count). The van der Waals surface area contributed by atoms with Gasteiger partial charge in [-0.05, 0) is 25.5 Å². The van der Waals surface area contributed by atoms with E-state index in [9.17, 15) is 4.79 Å². The number of carbonyl (C=O) groups excluding carboxylic acids is 1. The molecule has 1 aromatic carbocycles. The van der Waals surface area contributed by atoms with E-state index in [-0.39, 0.29) is 5.97 Å². The molecule has 0 aliphatic carbocycles. The van der Waals surface area contributed by atoms with Crippen molar-refractivity contribution < 1.29 is 23.7 Å². The number of anilines is 2. The predicted molar refractivity (Wildman–Crippen MR) is 127 cm³/mol. The SMILES string of the molecule is COC(=O)c1cc(Nc2ncnc3cc(OC)c(OCCCN4CCOCC4)cc23)c(C)s1. The third-order valence-corrected chi connectivity index (χ3v) is 6.49. The largest absolute Gasteiger partial charge is 0.493 e. The van der Waals surface area contributed by atoms with Crippen molar-refractivity contribution in [2.75, 3.05) is 59.0 Å². The minimum Gasteiger partial charge on any atom is -0.493 e. The van der Waals surface area contributed by atoms with Crippen molar-refractivity contribution in [3.05, 3.63) is 34.3 Å². The summed E-state index contributed by atoms with van der Waals surface area (Å²) in [5, 5.41) is 4.12. The van der Waals surface area contributed by atoms with Gasteiger partial charge in [-0.15, -0.1) is 11.3 Å². The molecule has 9 nitrogen and oxygen atoms in total. The zero-order valence-corrected chi connectivity index (χ0v) is 19.9. The first-order chi connectivity index (χ1) is 16.1. The molecule has 0 unspecified atom stereocenters. The first-order valence-corrected chi connectivity index (χ1v) is 11.6. The normalized spacial score (nSPS) is 14.3. The number of benzene rings is 1. The number of carbonyl (C=O) groups is 1. The minimum atomic E-state index is -0.360. The molecule has 1 aliphatic rings. The van der Waals surface area contributed by atoms with E-state index in [4.69, 9.17) is 18.9 Å². The number of aromatic nitrogens is 2. The Morgan fingerprint density at radius 1 is 1.18 bits per heavy atom. The maximum absolute atomic E-state index is 11.9. The van der Waals surface area contributed by atoms with Crippen molar-refractivity contribution >= 4 is 39.7 Å². The molecule has 1 fully saturated rings. The Balaban J connectivity index is 1.52. The van der Waals surface area contributed by atoms with Gasteiger partial charge in [0.1, 0.15) is 17.0 Å². The summed E-state index contributed by atoms with van der Waals surface area (Å²) in [7, 11) is 2.99. The van der Waals surface area contributed by atoms with Gasteiger partial charge in [0.05, 0.1) is 45.2 Å². The molecule has 2 aromatic heterocycles. The topological polar surface area (TPSA) is 95.0 Å². The Hall–Kier alpha value is -2.95. The highest BCUT2D eigenvalue weighted by atomic mass is 32.1. The fraction of sp³-hybridized carbons (Fsp3) is 0.435. The van der Waals surface area contributed by atoms with E-state index in [1.54, 1.807) is 13.2 Å². The van der Waals surface area contributed by atoms with E-state index in [1.165, 1.54) is 24.8 Å². The molecule has 33 heavy (non-hydrogen) atoms. The molecule has 1 saturated heterocycles. The number of nitrogens with one attached hydrogen (secondary N) is 1. The number of morpholine rings is 1. The standard InChI is InChI=1S/C23H28N4O5S/c1-15-17(13-21(33-15)23(28)30-3)26-22-16-11-20(19(29-2)12-18(16)24-14-25-22)32-8-4-5-27-6-9-31-10-7-27/h11-14H,4-10H2,1-3H3,(H,24,25,26). The van der Waals surface area contributed by atoms with Gasteiger partial charge in [0.15, 0.2) is 11.5 Å². The van der Waals surface area contributed by atoms with E-state index in [0.29, 0.717) is 28.8 Å². The van der Waals surface area contributed by atoms with E-state index >= 15 is 0 Å². The molecule has 176 valence electrons. The average molecular weight is 473 g/mol. The summed E-state index contributed by atoms with van der Waals surface area (Å²) in [4.78, 5) is 24.6. The van der Waals surface area contributed by atoms with Crippen molar-refractivity contribution in [2.24, 2.45) is 0 Å². The second kappa shape index (κ2) is 10.8. The van der Waals surface area contributed by atoms with Crippen molar-refractivity contribution in [3.8, 4) is 11.5 Å². The van der Waals surface area contributed by atoms with Crippen molar-refractivity contribution in [3.63, 3.8) is 0 Å². The van der Waals surface area contributed by atoms with Crippen LogP contribution in [0.25, 0.3) is 10.9 Å². The van der Waals surface area contributed by atoms with Gasteiger partial charge in [-0.25, -0.2) is 14.8 Å². The Labute approximate surface area is 196 Å². The lowest BCUT2D eigenvalue weighted by atomic mass is 10.2. The van der Waals surface area contributed by atoms with Gasteiger partial charge >= 0.3 is 5.97 Å². The summed E-state index contributed by atoms with van der Waals surface area (Å²) < 4.78 is 21.8. The van der Waals surface area contributed by atoms with Gasteiger partial charge in [-0.1, -0.05) is 0 Å². The van der Waals surface area contributed by atoms with Crippen molar-refractivity contribution in [1.29, 1.82) is 0 Å². The monoisotopic (exact) mass is 472 g/mol. The summed E-state index contributed by atoms with van der Waals surface area (Å²) in [6, 6.07) is 5.51. The zero-order chi connectivity index (χ0) is 23.2. The molecule has 10 heteroatoms. The lowest BCUT2D eigenvalue weighted by Crippen LogP contribution is -2.37. The predicted octanol–water partition coefficient (Wildman–Crippen LogP) is 3.64. The second-order valence-corrected chi connectivity index (χ2v) is 8.85. The molecule has 0 spiro atoms. The average Bonchev–Trinajstić information content (AvgIpc) is 3.21. The summed E-state index contributed by atoms with van der Waals surface area (Å²) in [6.45, 7) is 6.99. The highest BCUT2D eigenvalue weighted by Gasteiger charge is 2.16. The molecule has 1 N–H and O–H groups in total. The first-order valence-electron chi connectivity index (χ1n) is 10.8. The van der Waals surface area contributed by atoms with E-state index < -0.39 is 0 Å². The number of fused-ring (bicyclic) bond motifs is 1. The van der Waals surface area contributed by atoms with Crippen LogP contribution < -0.4 is 14.8 Å². The van der Waals surface area contributed by atoms with E-state index in [1.807, 2.05) is 19.1 Å². The molecular weight excluding hydrogens is 444 g/mol. The fourth-order valence-electron chi connectivity index (χ4n) is 3.67. The molecule has 0 atom stereocenters. The lowest BCUT2D eigenvalue weighted by Gasteiger charge is -2.26.